The summed E-state index contributed by atoms with van der Waals surface area (Å²) >= 11 is 0. The molecule has 0 bridgehead atoms. The zero-order valence-electron chi connectivity index (χ0n) is 26.2. The van der Waals surface area contributed by atoms with E-state index in [0.29, 0.717) is 17.5 Å². The van der Waals surface area contributed by atoms with Crippen LogP contribution in [0, 0.1) is 0 Å². The van der Waals surface area contributed by atoms with Crippen molar-refractivity contribution in [1.82, 2.24) is 15.0 Å². The molecule has 4 heteroatoms. The lowest BCUT2D eigenvalue weighted by molar-refractivity contribution is 0.565. The Hall–Kier alpha value is -5.87. The van der Waals surface area contributed by atoms with Crippen LogP contribution in [-0.2, 0) is 5.41 Å². The highest BCUT2D eigenvalue weighted by Gasteiger charge is 2.38. The molecule has 0 fully saturated rings. The molecule has 0 saturated carbocycles. The topological polar surface area (TPSA) is 51.8 Å². The van der Waals surface area contributed by atoms with Crippen LogP contribution in [0.2, 0.25) is 0 Å². The van der Waals surface area contributed by atoms with Gasteiger partial charge < -0.3 is 4.42 Å². The number of hydrogen-bond acceptors (Lipinski definition) is 4. The molecule has 1 aliphatic rings. The molecule has 9 rings (SSSR count). The van der Waals surface area contributed by atoms with Crippen LogP contribution in [0.5, 0.6) is 0 Å². The second kappa shape index (κ2) is 10.6. The van der Waals surface area contributed by atoms with E-state index in [4.69, 9.17) is 19.4 Å². The molecular weight excluding hydrogens is 574 g/mol. The number of benzene rings is 6. The molecule has 1 aliphatic carbocycles. The van der Waals surface area contributed by atoms with Gasteiger partial charge in [-0.1, -0.05) is 129 Å². The van der Waals surface area contributed by atoms with Gasteiger partial charge >= 0.3 is 0 Å². The van der Waals surface area contributed by atoms with Crippen molar-refractivity contribution >= 4 is 21.9 Å². The lowest BCUT2D eigenvalue weighted by atomic mass is 9.78. The highest BCUT2D eigenvalue weighted by Crippen LogP contribution is 2.52. The third kappa shape index (κ3) is 4.40. The quantitative estimate of drug-likeness (QED) is 0.196. The summed E-state index contributed by atoms with van der Waals surface area (Å²) < 4.78 is 6.44. The van der Waals surface area contributed by atoms with Crippen molar-refractivity contribution in [3.05, 3.63) is 151 Å². The first-order valence-corrected chi connectivity index (χ1v) is 16.2. The monoisotopic (exact) mass is 605 g/mol. The number of rotatable bonds is 5. The summed E-state index contributed by atoms with van der Waals surface area (Å²) in [4.78, 5) is 14.6. The molecule has 0 unspecified atom stereocenters. The van der Waals surface area contributed by atoms with Gasteiger partial charge in [0.05, 0.1) is 0 Å². The summed E-state index contributed by atoms with van der Waals surface area (Å²) in [5.41, 5.74) is 12.3. The van der Waals surface area contributed by atoms with Gasteiger partial charge in [0.15, 0.2) is 17.5 Å². The molecule has 224 valence electrons. The minimum absolute atomic E-state index is 0.0209. The second-order valence-electron chi connectivity index (χ2n) is 12.6. The predicted octanol–water partition coefficient (Wildman–Crippen LogP) is 11.1. The highest BCUT2D eigenvalue weighted by molar-refractivity contribution is 6.08. The molecule has 6 aromatic carbocycles. The Labute approximate surface area is 273 Å². The van der Waals surface area contributed by atoms with Gasteiger partial charge in [-0.05, 0) is 64.1 Å². The first-order chi connectivity index (χ1) is 23.1. The van der Waals surface area contributed by atoms with Gasteiger partial charge in [-0.2, -0.15) is 0 Å². The normalized spacial score (nSPS) is 15.2. The average Bonchev–Trinajstić information content (AvgIpc) is 3.63. The third-order valence-electron chi connectivity index (χ3n) is 9.90. The number of furan rings is 1. The summed E-state index contributed by atoms with van der Waals surface area (Å²) in [5, 5.41) is 2.30. The molecule has 2 aromatic heterocycles. The SMILES string of the molecule is CC[C@]1(C)c2ccccc2-c2cc3oc4ccc(-c5ccc(-c6nc(-c7ccccc7)nc(-c7ccccc7)n6)cc5)cc4c3cc21. The van der Waals surface area contributed by atoms with Crippen LogP contribution in [0.4, 0.5) is 0 Å². The van der Waals surface area contributed by atoms with Crippen LogP contribution in [0.15, 0.2) is 144 Å². The summed E-state index contributed by atoms with van der Waals surface area (Å²) in [7, 11) is 0. The largest absolute Gasteiger partial charge is 0.456 e. The van der Waals surface area contributed by atoms with E-state index in [2.05, 4.69) is 92.7 Å². The number of hydrogen-bond donors (Lipinski definition) is 0. The second-order valence-corrected chi connectivity index (χ2v) is 12.6. The van der Waals surface area contributed by atoms with Gasteiger partial charge in [0.1, 0.15) is 11.2 Å². The van der Waals surface area contributed by atoms with E-state index in [0.717, 1.165) is 56.2 Å². The van der Waals surface area contributed by atoms with Crippen LogP contribution in [0.1, 0.15) is 31.4 Å². The van der Waals surface area contributed by atoms with Gasteiger partial charge in [0, 0.05) is 32.9 Å². The summed E-state index contributed by atoms with van der Waals surface area (Å²) in [6.07, 6.45) is 1.04. The molecule has 0 radical (unpaired) electrons. The third-order valence-corrected chi connectivity index (χ3v) is 9.90. The van der Waals surface area contributed by atoms with E-state index in [1.807, 2.05) is 60.7 Å². The van der Waals surface area contributed by atoms with E-state index >= 15 is 0 Å². The zero-order valence-corrected chi connectivity index (χ0v) is 26.2. The Morgan fingerprint density at radius 3 is 1.64 bits per heavy atom. The first kappa shape index (κ1) is 27.4. The lowest BCUT2D eigenvalue weighted by Gasteiger charge is -2.25. The maximum atomic E-state index is 6.44. The van der Waals surface area contributed by atoms with Crippen LogP contribution in [-0.4, -0.2) is 15.0 Å². The van der Waals surface area contributed by atoms with E-state index in [-0.39, 0.29) is 5.41 Å². The van der Waals surface area contributed by atoms with E-state index in [1.54, 1.807) is 0 Å². The molecule has 0 saturated heterocycles. The minimum Gasteiger partial charge on any atom is -0.456 e. The maximum Gasteiger partial charge on any atom is 0.164 e. The van der Waals surface area contributed by atoms with Crippen molar-refractivity contribution in [1.29, 1.82) is 0 Å². The molecule has 2 heterocycles. The smallest absolute Gasteiger partial charge is 0.164 e. The molecule has 47 heavy (non-hydrogen) atoms. The van der Waals surface area contributed by atoms with Gasteiger partial charge in [0.25, 0.3) is 0 Å². The van der Waals surface area contributed by atoms with Crippen molar-refractivity contribution in [2.45, 2.75) is 25.7 Å². The van der Waals surface area contributed by atoms with Crippen LogP contribution < -0.4 is 0 Å². The molecule has 1 atom stereocenters. The fourth-order valence-corrected chi connectivity index (χ4v) is 7.16. The zero-order chi connectivity index (χ0) is 31.5. The predicted molar refractivity (Wildman–Crippen MR) is 191 cm³/mol. The van der Waals surface area contributed by atoms with Gasteiger partial charge in [-0.25, -0.2) is 15.0 Å². The van der Waals surface area contributed by atoms with E-state index in [9.17, 15) is 0 Å². The first-order valence-electron chi connectivity index (χ1n) is 16.2. The molecule has 0 aliphatic heterocycles. The Bertz CT molecular complexity index is 2390. The Kier molecular flexibility index (Phi) is 6.19. The minimum atomic E-state index is -0.0209. The molecule has 0 amide bonds. The van der Waals surface area contributed by atoms with Crippen molar-refractivity contribution in [2.75, 3.05) is 0 Å². The standard InChI is InChI=1S/C43H31N3O/c1-3-43(2)36-17-11-10-16-32(36)33-26-39-35(25-37(33)43)34-24-31(22-23-38(34)47-39)27-18-20-30(21-19-27)42-45-40(28-12-6-4-7-13-28)44-41(46-42)29-14-8-5-9-15-29/h4-26H,3H2,1-2H3/t43-/m1/s1. The summed E-state index contributed by atoms with van der Waals surface area (Å²) in [6.45, 7) is 4.66. The molecule has 8 aromatic rings. The van der Waals surface area contributed by atoms with Gasteiger partial charge in [-0.15, -0.1) is 0 Å². The molecule has 4 nitrogen and oxygen atoms in total. The van der Waals surface area contributed by atoms with Crippen LogP contribution >= 0.6 is 0 Å². The molecule has 0 spiro atoms. The van der Waals surface area contributed by atoms with Crippen molar-refractivity contribution in [3.63, 3.8) is 0 Å². The number of aromatic nitrogens is 3. The number of nitrogens with zero attached hydrogens (tertiary/aromatic N) is 3. The number of fused-ring (bicyclic) bond motifs is 6. The van der Waals surface area contributed by atoms with E-state index in [1.165, 1.54) is 22.3 Å². The van der Waals surface area contributed by atoms with Crippen LogP contribution in [0.3, 0.4) is 0 Å². The summed E-state index contributed by atoms with van der Waals surface area (Å²) in [6, 6.07) is 48.6. The molecular formula is C43H31N3O. The van der Waals surface area contributed by atoms with Gasteiger partial charge in [-0.3, -0.25) is 0 Å². The lowest BCUT2D eigenvalue weighted by Crippen LogP contribution is -2.18. The van der Waals surface area contributed by atoms with Gasteiger partial charge in [0.2, 0.25) is 0 Å². The molecule has 0 N–H and O–H groups in total. The summed E-state index contributed by atoms with van der Waals surface area (Å²) in [5.74, 6) is 1.96. The Morgan fingerprint density at radius 2 is 1.00 bits per heavy atom. The van der Waals surface area contributed by atoms with Crippen molar-refractivity contribution < 1.29 is 4.42 Å². The fourth-order valence-electron chi connectivity index (χ4n) is 7.16. The average molecular weight is 606 g/mol. The highest BCUT2D eigenvalue weighted by atomic mass is 16.3. The van der Waals surface area contributed by atoms with Crippen molar-refractivity contribution in [3.8, 4) is 56.4 Å². The fraction of sp³-hybridized carbons (Fsp3) is 0.0930. The van der Waals surface area contributed by atoms with Crippen LogP contribution in [0.25, 0.3) is 78.4 Å². The Morgan fingerprint density at radius 1 is 0.468 bits per heavy atom. The maximum absolute atomic E-state index is 6.44. The van der Waals surface area contributed by atoms with E-state index < -0.39 is 0 Å². The van der Waals surface area contributed by atoms with Crippen molar-refractivity contribution in [2.24, 2.45) is 0 Å². The Balaban J connectivity index is 1.11.